The molecule has 0 aromatic heterocycles. The van der Waals surface area contributed by atoms with Gasteiger partial charge in [-0.05, 0) is 45.2 Å². The van der Waals surface area contributed by atoms with E-state index in [9.17, 15) is 5.11 Å². The summed E-state index contributed by atoms with van der Waals surface area (Å²) in [4.78, 5) is 2.48. The van der Waals surface area contributed by atoms with Crippen molar-refractivity contribution in [2.75, 3.05) is 13.1 Å². The Kier molecular flexibility index (Phi) is 4.41. The molecule has 0 bridgehead atoms. The van der Waals surface area contributed by atoms with Crippen LogP contribution in [-0.2, 0) is 6.42 Å². The number of benzene rings is 1. The van der Waals surface area contributed by atoms with Crippen LogP contribution in [-0.4, -0.2) is 34.7 Å². The summed E-state index contributed by atoms with van der Waals surface area (Å²) in [6.45, 7) is 6.61. The van der Waals surface area contributed by atoms with Gasteiger partial charge in [-0.1, -0.05) is 30.3 Å². The Hall–Kier alpha value is -0.860. The van der Waals surface area contributed by atoms with Gasteiger partial charge in [0, 0.05) is 19.0 Å². The molecule has 1 fully saturated rings. The van der Waals surface area contributed by atoms with Crippen LogP contribution >= 0.6 is 0 Å². The number of likely N-dealkylation sites (tertiary alicyclic amines) is 1. The van der Waals surface area contributed by atoms with Gasteiger partial charge >= 0.3 is 0 Å². The van der Waals surface area contributed by atoms with E-state index in [0.29, 0.717) is 6.04 Å². The second-order valence-electron chi connectivity index (χ2n) is 5.87. The predicted octanol–water partition coefficient (Wildman–Crippen LogP) is 2.85. The zero-order valence-corrected chi connectivity index (χ0v) is 11.6. The predicted molar refractivity (Wildman–Crippen MR) is 75.7 cm³/mol. The minimum atomic E-state index is -0.509. The maximum absolute atomic E-state index is 10.8. The molecule has 100 valence electrons. The quantitative estimate of drug-likeness (QED) is 0.888. The van der Waals surface area contributed by atoms with Gasteiger partial charge in [0.1, 0.15) is 0 Å². The van der Waals surface area contributed by atoms with Crippen molar-refractivity contribution in [2.45, 2.75) is 51.2 Å². The second-order valence-corrected chi connectivity index (χ2v) is 5.87. The Morgan fingerprint density at radius 1 is 1.17 bits per heavy atom. The van der Waals surface area contributed by atoms with E-state index in [0.717, 1.165) is 38.8 Å². The summed E-state index contributed by atoms with van der Waals surface area (Å²) >= 11 is 0. The Morgan fingerprint density at radius 2 is 1.89 bits per heavy atom. The van der Waals surface area contributed by atoms with Crippen molar-refractivity contribution in [1.29, 1.82) is 0 Å². The molecule has 0 aliphatic carbocycles. The first-order valence-electron chi connectivity index (χ1n) is 7.09. The third-order valence-electron chi connectivity index (χ3n) is 4.06. The molecule has 1 N–H and O–H groups in total. The number of nitrogens with zero attached hydrogens (tertiary/aromatic N) is 1. The molecule has 1 aromatic carbocycles. The summed E-state index contributed by atoms with van der Waals surface area (Å²) in [5.74, 6) is 0. The van der Waals surface area contributed by atoms with Gasteiger partial charge in [0.15, 0.2) is 0 Å². The summed E-state index contributed by atoms with van der Waals surface area (Å²) in [6, 6.07) is 10.9. The fourth-order valence-electron chi connectivity index (χ4n) is 2.87. The van der Waals surface area contributed by atoms with E-state index in [1.165, 1.54) is 5.56 Å². The molecule has 1 aliphatic heterocycles. The van der Waals surface area contributed by atoms with Gasteiger partial charge in [0.2, 0.25) is 0 Å². The third-order valence-corrected chi connectivity index (χ3v) is 4.06. The molecule has 0 radical (unpaired) electrons. The summed E-state index contributed by atoms with van der Waals surface area (Å²) in [7, 11) is 0. The minimum Gasteiger partial charge on any atom is -0.389 e. The highest BCUT2D eigenvalue weighted by molar-refractivity contribution is 5.17. The van der Waals surface area contributed by atoms with Crippen molar-refractivity contribution in [2.24, 2.45) is 0 Å². The van der Waals surface area contributed by atoms with Gasteiger partial charge in [-0.25, -0.2) is 0 Å². The molecular weight excluding hydrogens is 222 g/mol. The Bertz CT molecular complexity index is 363. The van der Waals surface area contributed by atoms with Gasteiger partial charge in [0.05, 0.1) is 5.60 Å². The van der Waals surface area contributed by atoms with Crippen molar-refractivity contribution in [3.63, 3.8) is 0 Å². The molecule has 0 saturated carbocycles. The van der Waals surface area contributed by atoms with Crippen molar-refractivity contribution in [3.05, 3.63) is 35.9 Å². The Labute approximate surface area is 111 Å². The van der Waals surface area contributed by atoms with Gasteiger partial charge < -0.3 is 10.0 Å². The van der Waals surface area contributed by atoms with Crippen LogP contribution < -0.4 is 0 Å². The van der Waals surface area contributed by atoms with Gasteiger partial charge in [-0.15, -0.1) is 0 Å². The maximum atomic E-state index is 10.8. The van der Waals surface area contributed by atoms with E-state index < -0.39 is 5.60 Å². The number of hydrogen-bond acceptors (Lipinski definition) is 2. The van der Waals surface area contributed by atoms with Crippen LogP contribution in [0.1, 0.15) is 38.7 Å². The topological polar surface area (TPSA) is 23.5 Å². The first-order valence-corrected chi connectivity index (χ1v) is 7.09. The first-order chi connectivity index (χ1) is 8.59. The third kappa shape index (κ3) is 3.56. The molecule has 1 heterocycles. The molecule has 2 rings (SSSR count). The van der Waals surface area contributed by atoms with Gasteiger partial charge in [0.25, 0.3) is 0 Å². The number of aliphatic hydroxyl groups is 1. The molecule has 1 atom stereocenters. The molecule has 1 aromatic rings. The van der Waals surface area contributed by atoms with Crippen LogP contribution in [0.5, 0.6) is 0 Å². The van der Waals surface area contributed by atoms with Gasteiger partial charge in [-0.2, -0.15) is 0 Å². The zero-order valence-electron chi connectivity index (χ0n) is 11.6. The Morgan fingerprint density at radius 3 is 2.56 bits per heavy atom. The summed E-state index contributed by atoms with van der Waals surface area (Å²) in [6.07, 6.45) is 3.70. The lowest BCUT2D eigenvalue weighted by atomic mass is 9.88. The van der Waals surface area contributed by atoms with Crippen LogP contribution in [0.2, 0.25) is 0 Å². The van der Waals surface area contributed by atoms with Gasteiger partial charge in [-0.3, -0.25) is 0 Å². The molecule has 0 spiro atoms. The van der Waals surface area contributed by atoms with Crippen LogP contribution in [0.3, 0.4) is 0 Å². The van der Waals surface area contributed by atoms with Crippen LogP contribution in [0.25, 0.3) is 0 Å². The van der Waals surface area contributed by atoms with E-state index in [2.05, 4.69) is 43.0 Å². The molecule has 1 aliphatic rings. The fourth-order valence-corrected chi connectivity index (χ4v) is 2.87. The van der Waals surface area contributed by atoms with Crippen molar-refractivity contribution >= 4 is 0 Å². The largest absolute Gasteiger partial charge is 0.389 e. The Balaban J connectivity index is 1.99. The lowest BCUT2D eigenvalue weighted by molar-refractivity contribution is 0.0249. The molecule has 2 nitrogen and oxygen atoms in total. The lowest BCUT2D eigenvalue weighted by Gasteiger charge is -2.28. The fraction of sp³-hybridized carbons (Fsp3) is 0.625. The highest BCUT2D eigenvalue weighted by Gasteiger charge is 2.30. The van der Waals surface area contributed by atoms with Crippen LogP contribution in [0.4, 0.5) is 0 Å². The van der Waals surface area contributed by atoms with E-state index in [4.69, 9.17) is 0 Å². The SMILES string of the molecule is CC(C)N1CCCC(O)(Cc2ccccc2)CC1. The summed E-state index contributed by atoms with van der Waals surface area (Å²) in [5, 5.41) is 10.8. The molecule has 2 heteroatoms. The molecular formula is C16H25NO. The standard InChI is InChI=1S/C16H25NO/c1-14(2)17-11-6-9-16(18,10-12-17)13-15-7-4-3-5-8-15/h3-5,7-8,14,18H,6,9-13H2,1-2H3. The smallest absolute Gasteiger partial charge is 0.0700 e. The normalized spacial score (nSPS) is 26.2. The average molecular weight is 247 g/mol. The zero-order chi connectivity index (χ0) is 13.0. The summed E-state index contributed by atoms with van der Waals surface area (Å²) in [5.41, 5.74) is 0.739. The minimum absolute atomic E-state index is 0.509. The number of rotatable bonds is 3. The van der Waals surface area contributed by atoms with Crippen LogP contribution in [0.15, 0.2) is 30.3 Å². The highest BCUT2D eigenvalue weighted by atomic mass is 16.3. The highest BCUT2D eigenvalue weighted by Crippen LogP contribution is 2.27. The molecule has 0 amide bonds. The molecule has 1 saturated heterocycles. The van der Waals surface area contributed by atoms with Crippen LogP contribution in [0, 0.1) is 0 Å². The van der Waals surface area contributed by atoms with Crippen molar-refractivity contribution in [1.82, 2.24) is 4.90 Å². The van der Waals surface area contributed by atoms with E-state index in [-0.39, 0.29) is 0 Å². The molecule has 18 heavy (non-hydrogen) atoms. The second kappa shape index (κ2) is 5.85. The van der Waals surface area contributed by atoms with E-state index in [1.807, 2.05) is 6.07 Å². The van der Waals surface area contributed by atoms with Crippen molar-refractivity contribution in [3.8, 4) is 0 Å². The molecule has 1 unspecified atom stereocenters. The van der Waals surface area contributed by atoms with E-state index >= 15 is 0 Å². The number of hydrogen-bond donors (Lipinski definition) is 1. The first kappa shape index (κ1) is 13.6. The summed E-state index contributed by atoms with van der Waals surface area (Å²) < 4.78 is 0. The monoisotopic (exact) mass is 247 g/mol. The average Bonchev–Trinajstić information content (AvgIpc) is 2.52. The maximum Gasteiger partial charge on any atom is 0.0700 e. The van der Waals surface area contributed by atoms with Crippen molar-refractivity contribution < 1.29 is 5.11 Å². The lowest BCUT2D eigenvalue weighted by Crippen LogP contribution is -2.35. The van der Waals surface area contributed by atoms with E-state index in [1.54, 1.807) is 0 Å².